The number of aromatic nitrogens is 2. The lowest BCUT2D eigenvalue weighted by atomic mass is 9.96. The minimum Gasteiger partial charge on any atom is -0.309 e. The molecule has 12 rings (SSSR count). The van der Waals surface area contributed by atoms with E-state index in [1.807, 2.05) is 24.3 Å². The number of rotatable bonds is 7. The molecule has 0 fully saturated rings. The Labute approximate surface area is 431 Å². The van der Waals surface area contributed by atoms with Gasteiger partial charge in [0.2, 0.25) is 0 Å². The molecular formula is C65H33F5N6. The third-order valence-corrected chi connectivity index (χ3v) is 14.1. The third-order valence-electron chi connectivity index (χ3n) is 14.1. The number of hydrogen-bond acceptors (Lipinski definition) is 4. The van der Waals surface area contributed by atoms with E-state index in [9.17, 15) is 21.0 Å². The Balaban J connectivity index is 1.23. The van der Waals surface area contributed by atoms with Crippen LogP contribution >= 0.6 is 0 Å². The lowest BCUT2D eigenvalue weighted by Gasteiger charge is -2.23. The van der Waals surface area contributed by atoms with Crippen LogP contribution in [0.5, 0.6) is 0 Å². The van der Waals surface area contributed by atoms with Crippen LogP contribution in [0.15, 0.2) is 200 Å². The van der Waals surface area contributed by atoms with Crippen LogP contribution < -0.4 is 0 Å². The number of halogens is 5. The first-order valence-corrected chi connectivity index (χ1v) is 23.8. The second-order valence-corrected chi connectivity index (χ2v) is 18.2. The lowest BCUT2D eigenvalue weighted by Crippen LogP contribution is -2.16. The van der Waals surface area contributed by atoms with Gasteiger partial charge in [-0.1, -0.05) is 103 Å². The van der Waals surface area contributed by atoms with Gasteiger partial charge in [-0.2, -0.15) is 34.2 Å². The second-order valence-electron chi connectivity index (χ2n) is 18.2. The van der Waals surface area contributed by atoms with Crippen LogP contribution in [0.3, 0.4) is 0 Å². The molecule has 0 radical (unpaired) electrons. The fraction of sp³-hybridized carbons (Fsp3) is 0.0154. The zero-order valence-corrected chi connectivity index (χ0v) is 39.6. The van der Waals surface area contributed by atoms with Crippen molar-refractivity contribution in [2.45, 2.75) is 6.18 Å². The van der Waals surface area contributed by atoms with Crippen molar-refractivity contribution in [2.24, 2.45) is 0 Å². The first-order valence-electron chi connectivity index (χ1n) is 23.8. The molecule has 2 heterocycles. The summed E-state index contributed by atoms with van der Waals surface area (Å²) in [6.45, 7) is 0. The molecule has 0 atom stereocenters. The van der Waals surface area contributed by atoms with E-state index in [0.717, 1.165) is 12.1 Å². The molecule has 0 bridgehead atoms. The van der Waals surface area contributed by atoms with Crippen molar-refractivity contribution in [2.75, 3.05) is 0 Å². The van der Waals surface area contributed by atoms with Crippen molar-refractivity contribution in [3.8, 4) is 91.3 Å². The number of benzene rings is 10. The molecule has 0 aliphatic carbocycles. The van der Waals surface area contributed by atoms with Crippen LogP contribution in [0.4, 0.5) is 22.0 Å². The molecule has 0 amide bonds. The normalized spacial score (nSPS) is 11.4. The minimum atomic E-state index is -5.14. The average molecular weight is 993 g/mol. The minimum absolute atomic E-state index is 0.183. The van der Waals surface area contributed by atoms with Crippen LogP contribution in [-0.2, 0) is 6.18 Å². The zero-order chi connectivity index (χ0) is 52.4. The van der Waals surface area contributed by atoms with Crippen LogP contribution in [0, 0.1) is 57.0 Å². The van der Waals surface area contributed by atoms with E-state index in [1.54, 1.807) is 146 Å². The van der Waals surface area contributed by atoms with Crippen molar-refractivity contribution in [1.82, 2.24) is 9.13 Å². The van der Waals surface area contributed by atoms with Gasteiger partial charge in [-0.05, 0) is 147 Å². The van der Waals surface area contributed by atoms with E-state index < -0.39 is 40.3 Å². The first-order chi connectivity index (χ1) is 37.0. The number of hydrogen-bond donors (Lipinski definition) is 0. The molecular weight excluding hydrogens is 960 g/mol. The van der Waals surface area contributed by atoms with Gasteiger partial charge in [0.1, 0.15) is 17.2 Å². The van der Waals surface area contributed by atoms with E-state index in [1.165, 1.54) is 27.3 Å². The summed E-state index contributed by atoms with van der Waals surface area (Å²) in [7, 11) is 0. The van der Waals surface area contributed by atoms with E-state index >= 15 is 22.0 Å². The van der Waals surface area contributed by atoms with Gasteiger partial charge in [0, 0.05) is 21.5 Å². The molecule has 0 aliphatic rings. The van der Waals surface area contributed by atoms with Gasteiger partial charge in [-0.25, -0.2) is 8.78 Å². The average Bonchev–Trinajstić information content (AvgIpc) is 3.95. The predicted molar refractivity (Wildman–Crippen MR) is 286 cm³/mol. The van der Waals surface area contributed by atoms with E-state index in [-0.39, 0.29) is 5.56 Å². The molecule has 2 aromatic heterocycles. The smallest absolute Gasteiger partial charge is 0.309 e. The van der Waals surface area contributed by atoms with Gasteiger partial charge in [0.05, 0.1) is 85.5 Å². The maximum Gasteiger partial charge on any atom is 0.420 e. The maximum absolute atomic E-state index is 17.0. The maximum atomic E-state index is 17.0. The van der Waals surface area contributed by atoms with Gasteiger partial charge in [-0.3, -0.25) is 0 Å². The molecule has 0 unspecified atom stereocenters. The van der Waals surface area contributed by atoms with Crippen molar-refractivity contribution in [3.05, 3.63) is 240 Å². The number of alkyl halides is 3. The molecule has 76 heavy (non-hydrogen) atoms. The molecule has 358 valence electrons. The van der Waals surface area contributed by atoms with Crippen LogP contribution in [0.25, 0.3) is 111 Å². The molecule has 6 nitrogen and oxygen atoms in total. The lowest BCUT2D eigenvalue weighted by molar-refractivity contribution is -0.137. The fourth-order valence-electron chi connectivity index (χ4n) is 10.7. The third kappa shape index (κ3) is 7.50. The van der Waals surface area contributed by atoms with Gasteiger partial charge >= 0.3 is 6.18 Å². The largest absolute Gasteiger partial charge is 0.420 e. The molecule has 10 aromatic carbocycles. The van der Waals surface area contributed by atoms with E-state index in [2.05, 4.69) is 24.3 Å². The SMILES string of the molecule is N#Cc1ccccc1-c1ccc2c(c1)c1cc(-c3ccccc3C#N)ccc1n2-c1cc(-c2c(F)cccc2F)cc(-n2c3ccc(-c4ccccc4C#N)cc3c3cc(-c4ccccc4C#N)ccc32)c1C(F)(F)F. The Morgan fingerprint density at radius 1 is 0.329 bits per heavy atom. The second kappa shape index (κ2) is 18.2. The highest BCUT2D eigenvalue weighted by Crippen LogP contribution is 2.48. The molecule has 0 saturated carbocycles. The molecule has 12 aromatic rings. The Morgan fingerprint density at radius 2 is 0.618 bits per heavy atom. The highest BCUT2D eigenvalue weighted by Gasteiger charge is 2.40. The van der Waals surface area contributed by atoms with E-state index in [4.69, 9.17) is 0 Å². The highest BCUT2D eigenvalue weighted by atomic mass is 19.4. The van der Waals surface area contributed by atoms with Crippen molar-refractivity contribution >= 4 is 43.6 Å². The summed E-state index contributed by atoms with van der Waals surface area (Å²) < 4.78 is 86.5. The summed E-state index contributed by atoms with van der Waals surface area (Å²) in [5.74, 6) is -1.99. The highest BCUT2D eigenvalue weighted by molar-refractivity contribution is 6.14. The molecule has 11 heteroatoms. The quantitative estimate of drug-likeness (QED) is 0.148. The molecule has 0 aliphatic heterocycles. The topological polar surface area (TPSA) is 105 Å². The fourth-order valence-corrected chi connectivity index (χ4v) is 10.7. The predicted octanol–water partition coefficient (Wildman–Crippen LogP) is 17.0. The van der Waals surface area contributed by atoms with E-state index in [0.29, 0.717) is 110 Å². The monoisotopic (exact) mass is 992 g/mol. The van der Waals surface area contributed by atoms with Crippen LogP contribution in [-0.4, -0.2) is 9.13 Å². The first kappa shape index (κ1) is 46.5. The summed E-state index contributed by atoms with van der Waals surface area (Å²) in [6.07, 6.45) is -5.14. The van der Waals surface area contributed by atoms with Crippen molar-refractivity contribution in [1.29, 1.82) is 21.0 Å². The molecule has 0 saturated heterocycles. The Bertz CT molecular complexity index is 4100. The number of nitrogens with zero attached hydrogens (tertiary/aromatic N) is 6. The van der Waals surface area contributed by atoms with Crippen molar-refractivity contribution < 1.29 is 22.0 Å². The van der Waals surface area contributed by atoms with Gasteiger partial charge < -0.3 is 9.13 Å². The summed E-state index contributed by atoms with van der Waals surface area (Å²) in [5, 5.41) is 42.6. The Hall–Kier alpha value is -10.6. The molecule has 0 spiro atoms. The summed E-state index contributed by atoms with van der Waals surface area (Å²) in [5.41, 5.74) is 4.88. The Morgan fingerprint density at radius 3 is 0.895 bits per heavy atom. The van der Waals surface area contributed by atoms with Gasteiger partial charge in [0.25, 0.3) is 0 Å². The summed E-state index contributed by atoms with van der Waals surface area (Å²) in [6, 6.07) is 63.5. The van der Waals surface area contributed by atoms with Gasteiger partial charge in [-0.15, -0.1) is 0 Å². The summed E-state index contributed by atoms with van der Waals surface area (Å²) >= 11 is 0. The van der Waals surface area contributed by atoms with Crippen LogP contribution in [0.1, 0.15) is 27.8 Å². The number of fused-ring (bicyclic) bond motifs is 6. The van der Waals surface area contributed by atoms with Crippen molar-refractivity contribution in [3.63, 3.8) is 0 Å². The standard InChI is InChI=1S/C65H33F5N6/c66-55-18-9-19-56(67)63(55)46-32-61(75-57-24-20-38(47-14-5-1-10-42(47)34-71)28-51(57)52-29-39(21-25-58(52)75)48-15-6-2-11-43(48)35-72)64(65(68,69)70)62(33-46)76-59-26-22-40(49-16-7-3-12-44(49)36-73)30-53(59)54-31-41(23-27-60(54)76)50-17-8-4-13-45(50)37-74/h1-33H. The summed E-state index contributed by atoms with van der Waals surface area (Å²) in [4.78, 5) is 0. The molecule has 0 N–H and O–H groups in total. The zero-order valence-electron chi connectivity index (χ0n) is 39.6. The van der Waals surface area contributed by atoms with Crippen LogP contribution in [0.2, 0.25) is 0 Å². The number of nitriles is 4. The van der Waals surface area contributed by atoms with Gasteiger partial charge in [0.15, 0.2) is 0 Å². The Kier molecular flexibility index (Phi) is 11.1.